The molecule has 524 valence electrons. The molecular formula is C90H90F2Ir4N4-4. The Balaban J connectivity index is 0.000000237. The molecule has 0 atom stereocenters. The first kappa shape index (κ1) is 83.5. The van der Waals surface area contributed by atoms with Crippen molar-refractivity contribution in [3.8, 4) is 89.5 Å². The fourth-order valence-electron chi connectivity index (χ4n) is 11.3. The van der Waals surface area contributed by atoms with E-state index in [9.17, 15) is 8.78 Å². The van der Waals surface area contributed by atoms with E-state index >= 15 is 0 Å². The van der Waals surface area contributed by atoms with Gasteiger partial charge >= 0.3 is 0 Å². The number of pyridine rings is 4. The van der Waals surface area contributed by atoms with Crippen LogP contribution in [0.5, 0.6) is 0 Å². The Kier molecular flexibility index (Phi) is 38.7. The van der Waals surface area contributed by atoms with Crippen LogP contribution in [0.3, 0.4) is 0 Å². The number of aromatic nitrogens is 4. The van der Waals surface area contributed by atoms with Crippen LogP contribution in [0.15, 0.2) is 249 Å². The second-order valence-electron chi connectivity index (χ2n) is 24.6. The normalized spacial score (nSPS) is 10.3. The number of aryl methyl sites for hydroxylation is 5. The van der Waals surface area contributed by atoms with Gasteiger partial charge in [0.15, 0.2) is 0 Å². The summed E-state index contributed by atoms with van der Waals surface area (Å²) in [7, 11) is 0. The van der Waals surface area contributed by atoms with E-state index in [0.717, 1.165) is 93.0 Å². The third-order valence-corrected chi connectivity index (χ3v) is 17.0. The minimum absolute atomic E-state index is 0. The molecule has 0 saturated heterocycles. The van der Waals surface area contributed by atoms with E-state index in [1.54, 1.807) is 25.1 Å². The number of hydrogen-bond acceptors (Lipinski definition) is 4. The van der Waals surface area contributed by atoms with Crippen LogP contribution >= 0.6 is 0 Å². The predicted molar refractivity (Wildman–Crippen MR) is 398 cm³/mol. The SMILES string of the molecule is CCCCCCc1ccc(-c2[c-]ccc(-c3ccccc3)c2)nc1.CCCCCc1ccc(-c2[c-]ccc(-c3ccc(C)c(F)c3)c2)nc1.CCCCCc1ccc(-c2[c-]ccc(-c3ccc(F)cc3)c2)nc1.CCCCCc1ccc(-c2[c-]ccc(-c3ccccc3)c2)nc1.[Ir].[Ir].[Ir].[Ir]. The molecule has 8 aromatic carbocycles. The number of nitrogens with zero attached hydrogens (tertiary/aromatic N) is 4. The van der Waals surface area contributed by atoms with Crippen LogP contribution in [-0.4, -0.2) is 19.9 Å². The quantitative estimate of drug-likeness (QED) is 0.0423. The fraction of sp³-hybridized carbons (Fsp3) is 0.244. The Morgan fingerprint density at radius 3 is 0.860 bits per heavy atom. The first-order valence-corrected chi connectivity index (χ1v) is 34.7. The Labute approximate surface area is 649 Å². The van der Waals surface area contributed by atoms with Crippen molar-refractivity contribution < 1.29 is 89.2 Å². The molecule has 0 spiro atoms. The molecule has 4 nitrogen and oxygen atoms in total. The van der Waals surface area contributed by atoms with Gasteiger partial charge in [-0.05, 0) is 149 Å². The Hall–Kier alpha value is -7.18. The van der Waals surface area contributed by atoms with E-state index in [-0.39, 0.29) is 92.1 Å². The van der Waals surface area contributed by atoms with Crippen molar-refractivity contribution in [2.24, 2.45) is 0 Å². The topological polar surface area (TPSA) is 51.6 Å². The molecule has 0 amide bonds. The number of halogens is 2. The zero-order chi connectivity index (χ0) is 66.9. The van der Waals surface area contributed by atoms with Gasteiger partial charge in [-0.1, -0.05) is 219 Å². The van der Waals surface area contributed by atoms with Crippen LogP contribution in [0.25, 0.3) is 89.5 Å². The molecule has 0 fully saturated rings. The first-order chi connectivity index (χ1) is 47.2. The van der Waals surface area contributed by atoms with Crippen molar-refractivity contribution in [2.45, 2.75) is 144 Å². The van der Waals surface area contributed by atoms with Crippen LogP contribution < -0.4 is 0 Å². The van der Waals surface area contributed by atoms with Crippen molar-refractivity contribution >= 4 is 0 Å². The van der Waals surface area contributed by atoms with Crippen molar-refractivity contribution in [1.82, 2.24) is 19.9 Å². The van der Waals surface area contributed by atoms with Gasteiger partial charge in [0.05, 0.1) is 0 Å². The van der Waals surface area contributed by atoms with E-state index in [4.69, 9.17) is 0 Å². The largest absolute Gasteiger partial charge is 0.304 e. The molecule has 0 aliphatic rings. The zero-order valence-corrected chi connectivity index (χ0v) is 67.7. The molecule has 0 bridgehead atoms. The second kappa shape index (κ2) is 46.4. The summed E-state index contributed by atoms with van der Waals surface area (Å²) in [6.45, 7) is 10.7. The summed E-state index contributed by atoms with van der Waals surface area (Å²) in [6.07, 6.45) is 28.7. The fourth-order valence-corrected chi connectivity index (χ4v) is 11.3. The average Bonchev–Trinajstić information content (AvgIpc) is 0.864. The summed E-state index contributed by atoms with van der Waals surface area (Å²) in [5, 5.41) is 0. The van der Waals surface area contributed by atoms with Crippen LogP contribution in [0.4, 0.5) is 8.78 Å². The first-order valence-electron chi connectivity index (χ1n) is 34.7. The molecule has 0 unspecified atom stereocenters. The van der Waals surface area contributed by atoms with Crippen LogP contribution in [-0.2, 0) is 106 Å². The van der Waals surface area contributed by atoms with Crippen LogP contribution in [0, 0.1) is 42.8 Å². The van der Waals surface area contributed by atoms with Gasteiger partial charge in [-0.15, -0.1) is 142 Å². The molecule has 4 aromatic heterocycles. The molecule has 0 saturated carbocycles. The minimum atomic E-state index is -0.221. The van der Waals surface area contributed by atoms with Crippen LogP contribution in [0.1, 0.15) is 139 Å². The number of unbranched alkanes of at least 4 members (excludes halogenated alkanes) is 9. The van der Waals surface area contributed by atoms with Gasteiger partial charge in [-0.2, -0.15) is 0 Å². The third kappa shape index (κ3) is 27.0. The van der Waals surface area contributed by atoms with Gasteiger partial charge in [0.1, 0.15) is 11.6 Å². The minimum Gasteiger partial charge on any atom is -0.304 e. The van der Waals surface area contributed by atoms with Gasteiger partial charge < -0.3 is 19.9 Å². The van der Waals surface area contributed by atoms with E-state index in [0.29, 0.717) is 5.56 Å². The van der Waals surface area contributed by atoms with Gasteiger partial charge in [-0.25, -0.2) is 8.78 Å². The molecular weight excluding hydrogens is 1940 g/mol. The summed E-state index contributed by atoms with van der Waals surface area (Å²) in [5.41, 5.74) is 22.4. The van der Waals surface area contributed by atoms with Crippen molar-refractivity contribution in [1.29, 1.82) is 0 Å². The smallest absolute Gasteiger partial charge is 0.126 e. The maximum Gasteiger partial charge on any atom is 0.126 e. The van der Waals surface area contributed by atoms with Crippen LogP contribution in [0.2, 0.25) is 0 Å². The molecule has 0 aliphatic heterocycles. The van der Waals surface area contributed by atoms with E-state index in [1.807, 2.05) is 104 Å². The molecule has 0 N–H and O–H groups in total. The summed E-state index contributed by atoms with van der Waals surface area (Å²) < 4.78 is 26.9. The van der Waals surface area contributed by atoms with E-state index in [2.05, 4.69) is 187 Å². The molecule has 100 heavy (non-hydrogen) atoms. The van der Waals surface area contributed by atoms with E-state index in [1.165, 1.54) is 140 Å². The number of hydrogen-bond donors (Lipinski definition) is 0. The van der Waals surface area contributed by atoms with E-state index < -0.39 is 0 Å². The summed E-state index contributed by atoms with van der Waals surface area (Å²) in [6, 6.07) is 87.1. The maximum atomic E-state index is 13.8. The van der Waals surface area contributed by atoms with Gasteiger partial charge in [-0.3, -0.25) is 0 Å². The van der Waals surface area contributed by atoms with Gasteiger partial charge in [0.25, 0.3) is 0 Å². The molecule has 12 rings (SSSR count). The molecule has 0 aliphatic carbocycles. The molecule has 4 heterocycles. The zero-order valence-electron chi connectivity index (χ0n) is 58.1. The van der Waals surface area contributed by atoms with Gasteiger partial charge in [0, 0.05) is 105 Å². The maximum absolute atomic E-state index is 13.8. The summed E-state index contributed by atoms with van der Waals surface area (Å²) >= 11 is 0. The monoisotopic (exact) mass is 2040 g/mol. The van der Waals surface area contributed by atoms with Crippen molar-refractivity contribution in [2.75, 3.05) is 0 Å². The summed E-state index contributed by atoms with van der Waals surface area (Å²) in [5.74, 6) is -0.400. The van der Waals surface area contributed by atoms with Crippen molar-refractivity contribution in [3.05, 3.63) is 313 Å². The van der Waals surface area contributed by atoms with Crippen molar-refractivity contribution in [3.63, 3.8) is 0 Å². The number of rotatable bonds is 25. The molecule has 12 aromatic rings. The molecule has 4 radical (unpaired) electrons. The number of benzene rings is 8. The van der Waals surface area contributed by atoms with Gasteiger partial charge in [0.2, 0.25) is 0 Å². The Bertz CT molecular complexity index is 4210. The second-order valence-corrected chi connectivity index (χ2v) is 24.6. The Morgan fingerprint density at radius 2 is 0.560 bits per heavy atom. The third-order valence-electron chi connectivity index (χ3n) is 17.0. The average molecular weight is 2030 g/mol. The molecule has 10 heteroatoms. The summed E-state index contributed by atoms with van der Waals surface area (Å²) in [4.78, 5) is 18.5. The predicted octanol–water partition coefficient (Wildman–Crippen LogP) is 24.8. The standard InChI is InChI=1S/C23H23FN.C23H24N.C22H21FN.C22H22N.4Ir/c1-3-4-5-7-18-11-13-23(25-16-18)21-9-6-8-19(14-21)20-12-10-17(2)22(24)15-20;1-2-3-4-6-10-19-15-16-23(24-18-19)22-14-9-13-21(17-22)20-11-7-5-8-12-20;1-2-3-4-6-17-9-14-22(24-16-17)20-8-5-7-19(15-20)18-10-12-21(23)13-11-18;1-2-3-5-9-18-14-15-22(23-17-18)21-13-8-12-20(16-21)19-10-6-4-7-11-19;;;;/h6,8,10-16H,3-5,7H2,1-2H3;5,7-9,11-13,15-18H,2-4,6,10H2,1H3;5,7,9-16H,2-4,6H2,1H3;4,6-8,10-12,14-17H,2-3,5,9H2,1H3;;;;/q4*-1;;;;. The Morgan fingerprint density at radius 1 is 0.280 bits per heavy atom.